The van der Waals surface area contributed by atoms with Crippen LogP contribution in [0.15, 0.2) is 42.5 Å². The predicted octanol–water partition coefficient (Wildman–Crippen LogP) is 4.49. The van der Waals surface area contributed by atoms with E-state index in [1.54, 1.807) is 30.3 Å². The number of fused-ring (bicyclic) bond motifs is 1. The van der Waals surface area contributed by atoms with Crippen LogP contribution in [0.1, 0.15) is 30.1 Å². The third-order valence-corrected chi connectivity index (χ3v) is 6.09. The molecule has 1 amide bonds. The molecule has 1 fully saturated rings. The Morgan fingerprint density at radius 1 is 1.18 bits per heavy atom. The van der Waals surface area contributed by atoms with Crippen LogP contribution in [0.3, 0.4) is 0 Å². The molecule has 1 aliphatic rings. The highest BCUT2D eigenvalue weighted by molar-refractivity contribution is 7.22. The van der Waals surface area contributed by atoms with Gasteiger partial charge in [-0.1, -0.05) is 23.5 Å². The van der Waals surface area contributed by atoms with Crippen LogP contribution < -0.4 is 10.2 Å². The fourth-order valence-electron chi connectivity index (χ4n) is 3.41. The summed E-state index contributed by atoms with van der Waals surface area (Å²) in [7, 11) is 0. The molecule has 1 N–H and O–H groups in total. The summed E-state index contributed by atoms with van der Waals surface area (Å²) in [5, 5.41) is 3.79. The van der Waals surface area contributed by atoms with Gasteiger partial charge in [-0.25, -0.2) is 9.37 Å². The summed E-state index contributed by atoms with van der Waals surface area (Å²) in [6.07, 6.45) is 1.45. The van der Waals surface area contributed by atoms with E-state index in [2.05, 4.69) is 15.2 Å². The van der Waals surface area contributed by atoms with Gasteiger partial charge in [0.15, 0.2) is 10.9 Å². The summed E-state index contributed by atoms with van der Waals surface area (Å²) >= 11 is 1.48. The quantitative estimate of drug-likeness (QED) is 0.659. The van der Waals surface area contributed by atoms with Gasteiger partial charge in [0, 0.05) is 30.3 Å². The van der Waals surface area contributed by atoms with E-state index >= 15 is 0 Å². The zero-order chi connectivity index (χ0) is 19.7. The van der Waals surface area contributed by atoms with E-state index in [4.69, 9.17) is 0 Å². The number of Topliss-reactive ketones (excluding diaryl/α,β-unsaturated/α-hetero) is 1. The number of nitrogens with zero attached hydrogens (tertiary/aromatic N) is 2. The van der Waals surface area contributed by atoms with E-state index in [0.29, 0.717) is 11.3 Å². The average Bonchev–Trinajstić information content (AvgIpc) is 3.11. The molecule has 1 saturated heterocycles. The Morgan fingerprint density at radius 2 is 1.96 bits per heavy atom. The number of amides is 1. The summed E-state index contributed by atoms with van der Waals surface area (Å²) < 4.78 is 14.2. The molecular weight excluding hydrogens is 377 g/mol. The van der Waals surface area contributed by atoms with Crippen molar-refractivity contribution >= 4 is 44.1 Å². The fraction of sp³-hybridized carbons (Fsp3) is 0.286. The maximum absolute atomic E-state index is 13.4. The van der Waals surface area contributed by atoms with Gasteiger partial charge in [-0.3, -0.25) is 9.59 Å². The molecule has 0 bridgehead atoms. The third-order valence-electron chi connectivity index (χ3n) is 5.01. The van der Waals surface area contributed by atoms with E-state index in [-0.39, 0.29) is 23.4 Å². The Hall–Kier alpha value is -2.80. The number of piperidine rings is 1. The summed E-state index contributed by atoms with van der Waals surface area (Å²) in [4.78, 5) is 30.8. The van der Waals surface area contributed by atoms with E-state index in [1.807, 2.05) is 0 Å². The molecule has 0 saturated carbocycles. The van der Waals surface area contributed by atoms with E-state index in [0.717, 1.165) is 41.3 Å². The highest BCUT2D eigenvalue weighted by Crippen LogP contribution is 2.32. The molecule has 2 heterocycles. The Balaban J connectivity index is 1.38. The van der Waals surface area contributed by atoms with E-state index in [9.17, 15) is 14.0 Å². The molecule has 2 aromatic carbocycles. The number of thiazole rings is 1. The number of halogens is 1. The number of carbonyl (C=O) groups excluding carboxylic acids is 2. The summed E-state index contributed by atoms with van der Waals surface area (Å²) in [5.74, 6) is -0.386. The van der Waals surface area contributed by atoms with Gasteiger partial charge in [-0.05, 0) is 50.1 Å². The number of hydrogen-bond donors (Lipinski definition) is 1. The number of nitrogens with one attached hydrogen (secondary N) is 1. The topological polar surface area (TPSA) is 62.3 Å². The maximum Gasteiger partial charge on any atom is 0.227 e. The smallest absolute Gasteiger partial charge is 0.227 e. The first-order valence-corrected chi connectivity index (χ1v) is 10.0. The minimum atomic E-state index is -0.257. The molecule has 144 valence electrons. The molecule has 0 spiro atoms. The lowest BCUT2D eigenvalue weighted by molar-refractivity contribution is -0.120. The lowest BCUT2D eigenvalue weighted by Crippen LogP contribution is -2.38. The normalized spacial score (nSPS) is 15.0. The van der Waals surface area contributed by atoms with Gasteiger partial charge in [-0.2, -0.15) is 0 Å². The molecule has 0 unspecified atom stereocenters. The maximum atomic E-state index is 13.4. The molecule has 1 aliphatic heterocycles. The molecule has 1 aromatic heterocycles. The second-order valence-electron chi connectivity index (χ2n) is 7.00. The van der Waals surface area contributed by atoms with Crippen LogP contribution in [-0.2, 0) is 4.79 Å². The monoisotopic (exact) mass is 397 g/mol. The second kappa shape index (κ2) is 7.67. The van der Waals surface area contributed by atoms with Crippen LogP contribution in [0.25, 0.3) is 10.2 Å². The van der Waals surface area contributed by atoms with E-state index in [1.165, 1.54) is 30.4 Å². The SMILES string of the molecule is CC(=O)c1cccc(NC(=O)C2CCN(c3nc4ccc(F)cc4s3)CC2)c1. The zero-order valence-corrected chi connectivity index (χ0v) is 16.3. The first kappa shape index (κ1) is 18.6. The van der Waals surface area contributed by atoms with Crippen molar-refractivity contribution in [1.29, 1.82) is 0 Å². The Kier molecular flexibility index (Phi) is 5.09. The molecule has 0 atom stereocenters. The molecule has 28 heavy (non-hydrogen) atoms. The molecular formula is C21H20FN3O2S. The van der Waals surface area contributed by atoms with Gasteiger partial charge >= 0.3 is 0 Å². The van der Waals surface area contributed by atoms with Crippen molar-refractivity contribution in [3.8, 4) is 0 Å². The number of carbonyl (C=O) groups is 2. The minimum absolute atomic E-state index is 0.0216. The fourth-order valence-corrected chi connectivity index (χ4v) is 4.46. The third kappa shape index (κ3) is 3.89. The number of hydrogen-bond acceptors (Lipinski definition) is 5. The van der Waals surface area contributed by atoms with Crippen LogP contribution in [0.4, 0.5) is 15.2 Å². The number of anilines is 2. The van der Waals surface area contributed by atoms with Crippen LogP contribution in [0.5, 0.6) is 0 Å². The van der Waals surface area contributed by atoms with Crippen molar-refractivity contribution in [2.45, 2.75) is 19.8 Å². The standard InChI is InChI=1S/C21H20FN3O2S/c1-13(26)15-3-2-4-17(11-15)23-20(27)14-7-9-25(10-8-14)21-24-18-6-5-16(22)12-19(18)28-21/h2-6,11-12,14H,7-10H2,1H3,(H,23,27). The molecule has 3 aromatic rings. The molecule has 7 heteroatoms. The van der Waals surface area contributed by atoms with Gasteiger partial charge < -0.3 is 10.2 Å². The van der Waals surface area contributed by atoms with Crippen molar-refractivity contribution in [3.63, 3.8) is 0 Å². The zero-order valence-electron chi connectivity index (χ0n) is 15.4. The Bertz CT molecular complexity index is 1040. The van der Waals surface area contributed by atoms with Crippen LogP contribution in [0.2, 0.25) is 0 Å². The van der Waals surface area contributed by atoms with Gasteiger partial charge in [0.05, 0.1) is 10.2 Å². The first-order chi connectivity index (χ1) is 13.5. The van der Waals surface area contributed by atoms with Gasteiger partial charge in [0.2, 0.25) is 5.91 Å². The number of rotatable bonds is 4. The van der Waals surface area contributed by atoms with Crippen molar-refractivity contribution in [2.75, 3.05) is 23.3 Å². The largest absolute Gasteiger partial charge is 0.348 e. The molecule has 4 rings (SSSR count). The van der Waals surface area contributed by atoms with Crippen molar-refractivity contribution < 1.29 is 14.0 Å². The predicted molar refractivity (Wildman–Crippen MR) is 110 cm³/mol. The Labute approximate surface area is 166 Å². The Morgan fingerprint density at radius 3 is 2.71 bits per heavy atom. The highest BCUT2D eigenvalue weighted by atomic mass is 32.1. The molecule has 0 aliphatic carbocycles. The van der Waals surface area contributed by atoms with Crippen molar-refractivity contribution in [2.24, 2.45) is 5.92 Å². The van der Waals surface area contributed by atoms with Crippen molar-refractivity contribution in [3.05, 3.63) is 53.8 Å². The van der Waals surface area contributed by atoms with Crippen molar-refractivity contribution in [1.82, 2.24) is 4.98 Å². The van der Waals surface area contributed by atoms with Gasteiger partial charge in [-0.15, -0.1) is 0 Å². The lowest BCUT2D eigenvalue weighted by atomic mass is 9.96. The summed E-state index contributed by atoms with van der Waals surface area (Å²) in [6, 6.07) is 11.6. The van der Waals surface area contributed by atoms with Gasteiger partial charge in [0.25, 0.3) is 0 Å². The number of aromatic nitrogens is 1. The number of benzene rings is 2. The van der Waals surface area contributed by atoms with Crippen LogP contribution in [0, 0.1) is 11.7 Å². The van der Waals surface area contributed by atoms with Crippen LogP contribution >= 0.6 is 11.3 Å². The molecule has 5 nitrogen and oxygen atoms in total. The lowest BCUT2D eigenvalue weighted by Gasteiger charge is -2.31. The summed E-state index contributed by atoms with van der Waals surface area (Å²) in [5.41, 5.74) is 2.03. The van der Waals surface area contributed by atoms with Crippen LogP contribution in [-0.4, -0.2) is 29.8 Å². The van der Waals surface area contributed by atoms with E-state index < -0.39 is 0 Å². The highest BCUT2D eigenvalue weighted by Gasteiger charge is 2.26. The average molecular weight is 397 g/mol. The van der Waals surface area contributed by atoms with Gasteiger partial charge in [0.1, 0.15) is 5.82 Å². The summed E-state index contributed by atoms with van der Waals surface area (Å²) in [6.45, 7) is 2.97. The minimum Gasteiger partial charge on any atom is -0.348 e. The number of ketones is 1. The first-order valence-electron chi connectivity index (χ1n) is 9.22. The second-order valence-corrected chi connectivity index (χ2v) is 8.01. The molecule has 0 radical (unpaired) electrons.